The lowest BCUT2D eigenvalue weighted by atomic mass is 9.81. The fourth-order valence-electron chi connectivity index (χ4n) is 3.40. The van der Waals surface area contributed by atoms with Crippen molar-refractivity contribution in [2.75, 3.05) is 18.0 Å². The molecule has 1 aromatic rings. The maximum absolute atomic E-state index is 12.4. The van der Waals surface area contributed by atoms with Crippen LogP contribution < -0.4 is 10.2 Å². The van der Waals surface area contributed by atoms with Crippen LogP contribution in [0.15, 0.2) is 18.3 Å². The molecule has 0 aliphatic carbocycles. The molecule has 0 radical (unpaired) electrons. The van der Waals surface area contributed by atoms with Gasteiger partial charge < -0.3 is 10.2 Å². The van der Waals surface area contributed by atoms with E-state index in [-0.39, 0.29) is 16.9 Å². The summed E-state index contributed by atoms with van der Waals surface area (Å²) in [6.07, 6.45) is 5.07. The van der Waals surface area contributed by atoms with Crippen LogP contribution in [0.3, 0.4) is 0 Å². The molecular formula is C18H29N3O. The molecule has 2 heterocycles. The number of hydrogen-bond donors (Lipinski definition) is 1. The summed E-state index contributed by atoms with van der Waals surface area (Å²) in [6.45, 7) is 12.8. The normalized spacial score (nSPS) is 16.0. The molecule has 1 saturated heterocycles. The average Bonchev–Trinajstić information content (AvgIpc) is 2.89. The van der Waals surface area contributed by atoms with Gasteiger partial charge in [0.15, 0.2) is 0 Å². The van der Waals surface area contributed by atoms with Gasteiger partial charge in [-0.05, 0) is 50.7 Å². The van der Waals surface area contributed by atoms with Gasteiger partial charge >= 0.3 is 0 Å². The number of pyridine rings is 1. The Morgan fingerprint density at radius 1 is 1.18 bits per heavy atom. The zero-order valence-corrected chi connectivity index (χ0v) is 14.6. The van der Waals surface area contributed by atoms with E-state index >= 15 is 0 Å². The Hall–Kier alpha value is -1.58. The van der Waals surface area contributed by atoms with Crippen LogP contribution in [0.1, 0.15) is 64.2 Å². The standard InChI is InChI=1S/C18H29N3O/c1-17(2,3)13-18(4,5)20-16(22)14-8-9-15(19-12-14)21-10-6-7-11-21/h8-9,12H,6-7,10-11,13H2,1-5H3,(H,20,22). The van der Waals surface area contributed by atoms with E-state index < -0.39 is 0 Å². The van der Waals surface area contributed by atoms with Gasteiger partial charge in [0.25, 0.3) is 5.91 Å². The third-order valence-corrected chi connectivity index (χ3v) is 3.86. The third kappa shape index (κ3) is 4.72. The van der Waals surface area contributed by atoms with Crippen LogP contribution >= 0.6 is 0 Å². The van der Waals surface area contributed by atoms with Crippen molar-refractivity contribution in [2.24, 2.45) is 5.41 Å². The first-order chi connectivity index (χ1) is 10.2. The molecule has 0 aromatic carbocycles. The van der Waals surface area contributed by atoms with Gasteiger partial charge in [-0.15, -0.1) is 0 Å². The van der Waals surface area contributed by atoms with E-state index in [2.05, 4.69) is 49.8 Å². The maximum Gasteiger partial charge on any atom is 0.253 e. The summed E-state index contributed by atoms with van der Waals surface area (Å²) < 4.78 is 0. The second-order valence-electron chi connectivity index (χ2n) is 8.17. The van der Waals surface area contributed by atoms with Crippen molar-refractivity contribution in [2.45, 2.75) is 59.4 Å². The van der Waals surface area contributed by atoms with Crippen LogP contribution in [-0.2, 0) is 0 Å². The van der Waals surface area contributed by atoms with E-state index in [4.69, 9.17) is 0 Å². The van der Waals surface area contributed by atoms with Gasteiger partial charge in [0, 0.05) is 24.8 Å². The number of nitrogens with zero attached hydrogens (tertiary/aromatic N) is 2. The van der Waals surface area contributed by atoms with Crippen LogP contribution in [0.2, 0.25) is 0 Å². The molecule has 0 spiro atoms. The Balaban J connectivity index is 2.00. The highest BCUT2D eigenvalue weighted by atomic mass is 16.1. The summed E-state index contributed by atoms with van der Waals surface area (Å²) in [6, 6.07) is 3.83. The van der Waals surface area contributed by atoms with Crippen molar-refractivity contribution in [3.8, 4) is 0 Å². The number of hydrogen-bond acceptors (Lipinski definition) is 3. The lowest BCUT2D eigenvalue weighted by Crippen LogP contribution is -2.45. The minimum atomic E-state index is -0.233. The predicted octanol–water partition coefficient (Wildman–Crippen LogP) is 3.63. The van der Waals surface area contributed by atoms with Crippen molar-refractivity contribution < 1.29 is 4.79 Å². The van der Waals surface area contributed by atoms with Gasteiger partial charge in [-0.2, -0.15) is 0 Å². The number of rotatable bonds is 4. The van der Waals surface area contributed by atoms with Crippen molar-refractivity contribution in [3.63, 3.8) is 0 Å². The SMILES string of the molecule is CC(C)(C)CC(C)(C)NC(=O)c1ccc(N2CCCC2)nc1. The smallest absolute Gasteiger partial charge is 0.253 e. The Morgan fingerprint density at radius 3 is 2.32 bits per heavy atom. The van der Waals surface area contributed by atoms with Crippen LogP contribution in [0.4, 0.5) is 5.82 Å². The van der Waals surface area contributed by atoms with Gasteiger partial charge in [-0.25, -0.2) is 4.98 Å². The highest BCUT2D eigenvalue weighted by molar-refractivity contribution is 5.94. The molecule has 122 valence electrons. The molecule has 4 nitrogen and oxygen atoms in total. The number of carbonyl (C=O) groups is 1. The Kier molecular flexibility index (Phi) is 4.78. The highest BCUT2D eigenvalue weighted by Crippen LogP contribution is 2.27. The van der Waals surface area contributed by atoms with E-state index in [0.29, 0.717) is 5.56 Å². The van der Waals surface area contributed by atoms with Gasteiger partial charge in [-0.3, -0.25) is 4.79 Å². The molecule has 1 N–H and O–H groups in total. The van der Waals surface area contributed by atoms with Crippen LogP contribution in [-0.4, -0.2) is 29.5 Å². The third-order valence-electron chi connectivity index (χ3n) is 3.86. The number of anilines is 1. The second kappa shape index (κ2) is 6.27. The molecule has 2 rings (SSSR count). The van der Waals surface area contributed by atoms with Gasteiger partial charge in [0.2, 0.25) is 0 Å². The average molecular weight is 303 g/mol. The monoisotopic (exact) mass is 303 g/mol. The molecule has 4 heteroatoms. The van der Waals surface area contributed by atoms with Gasteiger partial charge in [-0.1, -0.05) is 20.8 Å². The molecule has 0 atom stereocenters. The molecule has 1 aliphatic heterocycles. The minimum Gasteiger partial charge on any atom is -0.357 e. The zero-order valence-electron chi connectivity index (χ0n) is 14.6. The molecule has 1 amide bonds. The quantitative estimate of drug-likeness (QED) is 0.924. The zero-order chi connectivity index (χ0) is 16.4. The van der Waals surface area contributed by atoms with E-state index in [1.807, 2.05) is 12.1 Å². The largest absolute Gasteiger partial charge is 0.357 e. The van der Waals surface area contributed by atoms with E-state index in [1.165, 1.54) is 12.8 Å². The van der Waals surface area contributed by atoms with Crippen molar-refractivity contribution in [1.29, 1.82) is 0 Å². The van der Waals surface area contributed by atoms with Crippen LogP contribution in [0, 0.1) is 5.41 Å². The van der Waals surface area contributed by atoms with E-state index in [9.17, 15) is 4.79 Å². The lowest BCUT2D eigenvalue weighted by Gasteiger charge is -2.33. The summed E-state index contributed by atoms with van der Waals surface area (Å²) in [5.74, 6) is 0.928. The summed E-state index contributed by atoms with van der Waals surface area (Å²) in [7, 11) is 0. The Morgan fingerprint density at radius 2 is 1.82 bits per heavy atom. The molecule has 0 bridgehead atoms. The molecule has 22 heavy (non-hydrogen) atoms. The van der Waals surface area contributed by atoms with Gasteiger partial charge in [0.1, 0.15) is 5.82 Å². The van der Waals surface area contributed by atoms with E-state index in [1.54, 1.807) is 6.20 Å². The van der Waals surface area contributed by atoms with Crippen molar-refractivity contribution >= 4 is 11.7 Å². The highest BCUT2D eigenvalue weighted by Gasteiger charge is 2.27. The molecular weight excluding hydrogens is 274 g/mol. The number of amides is 1. The topological polar surface area (TPSA) is 45.2 Å². The number of carbonyl (C=O) groups excluding carboxylic acids is 1. The number of aromatic nitrogens is 1. The predicted molar refractivity (Wildman–Crippen MR) is 91.3 cm³/mol. The first-order valence-corrected chi connectivity index (χ1v) is 8.20. The fourth-order valence-corrected chi connectivity index (χ4v) is 3.40. The first kappa shape index (κ1) is 16.8. The first-order valence-electron chi connectivity index (χ1n) is 8.20. The summed E-state index contributed by atoms with van der Waals surface area (Å²) in [5, 5.41) is 3.13. The molecule has 1 aromatic heterocycles. The summed E-state index contributed by atoms with van der Waals surface area (Å²) in [5.41, 5.74) is 0.572. The Labute approximate surface area is 134 Å². The van der Waals surface area contributed by atoms with Crippen molar-refractivity contribution in [3.05, 3.63) is 23.9 Å². The Bertz CT molecular complexity index is 508. The lowest BCUT2D eigenvalue weighted by molar-refractivity contribution is 0.0891. The summed E-state index contributed by atoms with van der Waals surface area (Å²) >= 11 is 0. The van der Waals surface area contributed by atoms with Crippen molar-refractivity contribution in [1.82, 2.24) is 10.3 Å². The fraction of sp³-hybridized carbons (Fsp3) is 0.667. The molecule has 1 aliphatic rings. The van der Waals surface area contributed by atoms with Gasteiger partial charge in [0.05, 0.1) is 5.56 Å². The molecule has 0 saturated carbocycles. The summed E-state index contributed by atoms with van der Waals surface area (Å²) in [4.78, 5) is 19.1. The van der Waals surface area contributed by atoms with Crippen LogP contribution in [0.25, 0.3) is 0 Å². The second-order valence-corrected chi connectivity index (χ2v) is 8.17. The molecule has 0 unspecified atom stereocenters. The minimum absolute atomic E-state index is 0.0466. The van der Waals surface area contributed by atoms with Crippen LogP contribution in [0.5, 0.6) is 0 Å². The van der Waals surface area contributed by atoms with E-state index in [0.717, 1.165) is 25.3 Å². The number of nitrogens with one attached hydrogen (secondary N) is 1. The molecule has 1 fully saturated rings. The maximum atomic E-state index is 12.4.